The highest BCUT2D eigenvalue weighted by Gasteiger charge is 2.38. The number of fused-ring (bicyclic) bond motifs is 3. The van der Waals surface area contributed by atoms with Crippen molar-refractivity contribution in [1.82, 2.24) is 40.5 Å². The highest BCUT2D eigenvalue weighted by atomic mass is 16.2. The number of pyridine rings is 1. The molecule has 1 aliphatic carbocycles. The summed E-state index contributed by atoms with van der Waals surface area (Å²) in [6.45, 7) is 4.48. The van der Waals surface area contributed by atoms with Crippen LogP contribution in [0.15, 0.2) is 48.7 Å². The van der Waals surface area contributed by atoms with Crippen molar-refractivity contribution in [1.29, 1.82) is 0 Å². The first kappa shape index (κ1) is 31.2. The predicted molar refractivity (Wildman–Crippen MR) is 181 cm³/mol. The SMILES string of the molecule is CC[C@H]1c2c(cnn2C2CN(Cc3cccc(C(=O)NC)n3)C2)-c2cccc(Nc3cc(NC(=O)C4CC4)nnc3C(=O)NC)c2N1C. The van der Waals surface area contributed by atoms with Gasteiger partial charge < -0.3 is 26.2 Å². The molecule has 1 aromatic carbocycles. The molecule has 14 nitrogen and oxygen atoms in total. The maximum absolute atomic E-state index is 12.8. The number of nitrogens with zero attached hydrogens (tertiary/aromatic N) is 7. The number of benzene rings is 1. The van der Waals surface area contributed by atoms with E-state index in [1.54, 1.807) is 26.2 Å². The fourth-order valence-corrected chi connectivity index (χ4v) is 6.68. The quantitative estimate of drug-likeness (QED) is 0.200. The molecule has 5 heterocycles. The van der Waals surface area contributed by atoms with E-state index in [-0.39, 0.29) is 41.4 Å². The van der Waals surface area contributed by atoms with Crippen molar-refractivity contribution >= 4 is 40.6 Å². The number of rotatable bonds is 10. The van der Waals surface area contributed by atoms with E-state index < -0.39 is 0 Å². The molecule has 3 aliphatic rings. The number of anilines is 4. The molecule has 7 rings (SSSR count). The second kappa shape index (κ2) is 12.7. The molecule has 1 saturated carbocycles. The first-order chi connectivity index (χ1) is 23.3. The third kappa shape index (κ3) is 5.72. The summed E-state index contributed by atoms with van der Waals surface area (Å²) in [4.78, 5) is 46.4. The summed E-state index contributed by atoms with van der Waals surface area (Å²) in [6.07, 6.45) is 4.55. The Morgan fingerprint density at radius 3 is 2.44 bits per heavy atom. The van der Waals surface area contributed by atoms with Crippen LogP contribution in [0.4, 0.5) is 22.9 Å². The lowest BCUT2D eigenvalue weighted by atomic mass is 9.91. The molecular weight excluding hydrogens is 610 g/mol. The van der Waals surface area contributed by atoms with Crippen LogP contribution in [-0.4, -0.2) is 81.8 Å². The van der Waals surface area contributed by atoms with E-state index in [1.807, 2.05) is 30.5 Å². The molecule has 0 radical (unpaired) electrons. The summed E-state index contributed by atoms with van der Waals surface area (Å²) in [5.41, 5.74) is 6.91. The minimum absolute atomic E-state index is 0.00469. The van der Waals surface area contributed by atoms with Crippen molar-refractivity contribution in [2.75, 3.05) is 49.8 Å². The zero-order valence-corrected chi connectivity index (χ0v) is 27.4. The van der Waals surface area contributed by atoms with Crippen molar-refractivity contribution in [3.63, 3.8) is 0 Å². The Balaban J connectivity index is 1.15. The van der Waals surface area contributed by atoms with Crippen LogP contribution >= 0.6 is 0 Å². The highest BCUT2D eigenvalue weighted by molar-refractivity contribution is 6.01. The zero-order chi connectivity index (χ0) is 33.5. The molecule has 0 bridgehead atoms. The van der Waals surface area contributed by atoms with E-state index in [0.717, 1.165) is 60.5 Å². The number of para-hydroxylation sites is 1. The molecule has 3 aromatic heterocycles. The van der Waals surface area contributed by atoms with Gasteiger partial charge in [-0.1, -0.05) is 25.1 Å². The number of amides is 3. The van der Waals surface area contributed by atoms with Gasteiger partial charge in [0.25, 0.3) is 11.8 Å². The second-order valence-corrected chi connectivity index (χ2v) is 12.5. The minimum Gasteiger partial charge on any atom is -0.364 e. The third-order valence-electron chi connectivity index (χ3n) is 9.32. The Bertz CT molecular complexity index is 1900. The monoisotopic (exact) mass is 649 g/mol. The molecule has 1 saturated heterocycles. The molecule has 2 aliphatic heterocycles. The minimum atomic E-state index is -0.386. The maximum Gasteiger partial charge on any atom is 0.273 e. The average Bonchev–Trinajstić information content (AvgIpc) is 3.86. The van der Waals surface area contributed by atoms with E-state index in [4.69, 9.17) is 5.10 Å². The highest BCUT2D eigenvalue weighted by Crippen LogP contribution is 2.50. The van der Waals surface area contributed by atoms with E-state index >= 15 is 0 Å². The van der Waals surface area contributed by atoms with Crippen LogP contribution in [0.25, 0.3) is 11.1 Å². The second-order valence-electron chi connectivity index (χ2n) is 12.5. The number of hydrogen-bond donors (Lipinski definition) is 4. The van der Waals surface area contributed by atoms with E-state index in [0.29, 0.717) is 23.7 Å². The molecule has 248 valence electrons. The first-order valence-corrected chi connectivity index (χ1v) is 16.3. The predicted octanol–water partition coefficient (Wildman–Crippen LogP) is 3.50. The van der Waals surface area contributed by atoms with Gasteiger partial charge in [0.05, 0.1) is 46.7 Å². The van der Waals surface area contributed by atoms with Gasteiger partial charge in [-0.15, -0.1) is 10.2 Å². The number of likely N-dealkylation sites (tertiary alicyclic amines) is 1. The summed E-state index contributed by atoms with van der Waals surface area (Å²) in [6, 6.07) is 13.5. The molecule has 1 atom stereocenters. The molecule has 4 aromatic rings. The zero-order valence-electron chi connectivity index (χ0n) is 27.4. The number of nitrogens with one attached hydrogen (secondary N) is 4. The topological polar surface area (TPSA) is 162 Å². The van der Waals surface area contributed by atoms with Gasteiger partial charge >= 0.3 is 0 Å². The van der Waals surface area contributed by atoms with E-state index in [2.05, 4.69) is 71.0 Å². The molecule has 0 unspecified atom stereocenters. The number of carbonyl (C=O) groups excluding carboxylic acids is 3. The van der Waals surface area contributed by atoms with Gasteiger partial charge in [0, 0.05) is 63.9 Å². The van der Waals surface area contributed by atoms with Gasteiger partial charge in [0.15, 0.2) is 11.5 Å². The van der Waals surface area contributed by atoms with Gasteiger partial charge in [-0.3, -0.25) is 24.0 Å². The number of aromatic nitrogens is 5. The van der Waals surface area contributed by atoms with Gasteiger partial charge in [0.2, 0.25) is 5.91 Å². The number of carbonyl (C=O) groups is 3. The van der Waals surface area contributed by atoms with Crippen LogP contribution in [-0.2, 0) is 11.3 Å². The molecule has 2 fully saturated rings. The van der Waals surface area contributed by atoms with Gasteiger partial charge in [-0.05, 0) is 37.5 Å². The van der Waals surface area contributed by atoms with Crippen molar-refractivity contribution in [2.24, 2.45) is 5.92 Å². The Kier molecular flexibility index (Phi) is 8.25. The Labute approximate surface area is 278 Å². The van der Waals surface area contributed by atoms with Gasteiger partial charge in [-0.25, -0.2) is 4.98 Å². The average molecular weight is 650 g/mol. The molecule has 14 heteroatoms. The fraction of sp³-hybridized carbons (Fsp3) is 0.382. The Hall–Kier alpha value is -5.37. The maximum atomic E-state index is 12.8. The third-order valence-corrected chi connectivity index (χ3v) is 9.32. The summed E-state index contributed by atoms with van der Waals surface area (Å²) >= 11 is 0. The molecule has 48 heavy (non-hydrogen) atoms. The van der Waals surface area contributed by atoms with Gasteiger partial charge in [0.1, 0.15) is 5.69 Å². The van der Waals surface area contributed by atoms with Gasteiger partial charge in [-0.2, -0.15) is 5.10 Å². The van der Waals surface area contributed by atoms with E-state index in [9.17, 15) is 14.4 Å². The lowest BCUT2D eigenvalue weighted by Crippen LogP contribution is -2.48. The normalized spacial score (nSPS) is 17.2. The molecule has 4 N–H and O–H groups in total. The van der Waals surface area contributed by atoms with Crippen molar-refractivity contribution < 1.29 is 14.4 Å². The van der Waals surface area contributed by atoms with Crippen molar-refractivity contribution in [3.8, 4) is 11.1 Å². The number of hydrogen-bond acceptors (Lipinski definition) is 10. The smallest absolute Gasteiger partial charge is 0.273 e. The molecule has 0 spiro atoms. The summed E-state index contributed by atoms with van der Waals surface area (Å²) in [7, 11) is 5.24. The van der Waals surface area contributed by atoms with Crippen LogP contribution < -0.4 is 26.2 Å². The van der Waals surface area contributed by atoms with Crippen LogP contribution in [0.2, 0.25) is 0 Å². The van der Waals surface area contributed by atoms with Crippen molar-refractivity contribution in [2.45, 2.75) is 44.8 Å². The first-order valence-electron chi connectivity index (χ1n) is 16.3. The lowest BCUT2D eigenvalue weighted by Gasteiger charge is -2.43. The Morgan fingerprint density at radius 2 is 1.71 bits per heavy atom. The molecular formula is C34H39N11O3. The van der Waals surface area contributed by atoms with E-state index in [1.165, 1.54) is 5.69 Å². The molecule has 3 amide bonds. The summed E-state index contributed by atoms with van der Waals surface area (Å²) < 4.78 is 2.18. The Morgan fingerprint density at radius 1 is 0.938 bits per heavy atom. The summed E-state index contributed by atoms with van der Waals surface area (Å²) in [5, 5.41) is 24.8. The van der Waals surface area contributed by atoms with Crippen LogP contribution in [0.3, 0.4) is 0 Å². The van der Waals surface area contributed by atoms with Crippen LogP contribution in [0.5, 0.6) is 0 Å². The largest absolute Gasteiger partial charge is 0.364 e. The standard InChI is InChI=1S/C34H39N11O3/c1-5-27-31-23(15-37-45(31)21-17-44(18-21)16-20-8-6-11-25(38-20)33(47)35-2)22-9-7-10-24(30(22)43(27)4)39-26-14-28(40-32(46)19-12-13-19)41-42-29(26)34(48)36-3/h6-11,14-15,19,21,27H,5,12-13,16-18H2,1-4H3,(H,35,47)(H,36,48)(H2,39,40,41,46)/t27-/m0/s1. The van der Waals surface area contributed by atoms with Crippen molar-refractivity contribution in [3.05, 3.63) is 71.4 Å². The fourth-order valence-electron chi connectivity index (χ4n) is 6.68. The summed E-state index contributed by atoms with van der Waals surface area (Å²) in [5.74, 6) is -0.370. The van der Waals surface area contributed by atoms with Crippen LogP contribution in [0.1, 0.15) is 70.6 Å². The van der Waals surface area contributed by atoms with Crippen LogP contribution in [0, 0.1) is 5.92 Å². The lowest BCUT2D eigenvalue weighted by molar-refractivity contribution is -0.117.